The van der Waals surface area contributed by atoms with Crippen LogP contribution in [0.5, 0.6) is 0 Å². The first-order valence-corrected chi connectivity index (χ1v) is 6.43. The molecule has 2 N–H and O–H groups in total. The Hall–Kier alpha value is -2.15. The van der Waals surface area contributed by atoms with E-state index in [0.717, 1.165) is 29.9 Å². The molecule has 1 aromatic carbocycles. The lowest BCUT2D eigenvalue weighted by molar-refractivity contribution is -0.137. The summed E-state index contributed by atoms with van der Waals surface area (Å²) >= 11 is 0. The number of aromatic nitrogens is 2. The van der Waals surface area contributed by atoms with Gasteiger partial charge in [0.05, 0.1) is 11.3 Å². The molecule has 1 aliphatic heterocycles. The molecule has 21 heavy (non-hydrogen) atoms. The molecule has 110 valence electrons. The van der Waals surface area contributed by atoms with Gasteiger partial charge >= 0.3 is 6.18 Å². The van der Waals surface area contributed by atoms with Crippen molar-refractivity contribution in [1.82, 2.24) is 15.3 Å². The van der Waals surface area contributed by atoms with E-state index in [2.05, 4.69) is 20.6 Å². The summed E-state index contributed by atoms with van der Waals surface area (Å²) in [6.07, 6.45) is -2.68. The molecule has 0 amide bonds. The van der Waals surface area contributed by atoms with Crippen LogP contribution < -0.4 is 10.6 Å². The lowest BCUT2D eigenvalue weighted by atomic mass is 10.1. The summed E-state index contributed by atoms with van der Waals surface area (Å²) in [7, 11) is 0. The predicted molar refractivity (Wildman–Crippen MR) is 72.0 cm³/mol. The van der Waals surface area contributed by atoms with Crippen molar-refractivity contribution >= 4 is 11.6 Å². The standard InChI is InChI=1S/C14H13F3N4/c1-8-2-10(14(15,16)17)4-11(3-8)20-13-19-6-9-5-18-7-12(9)21-13/h2-4,6,18H,5,7H2,1H3,(H,19,20,21). The maximum absolute atomic E-state index is 12.8. The van der Waals surface area contributed by atoms with E-state index in [4.69, 9.17) is 0 Å². The highest BCUT2D eigenvalue weighted by molar-refractivity contribution is 5.56. The molecule has 0 atom stereocenters. The second kappa shape index (κ2) is 5.00. The number of hydrogen-bond donors (Lipinski definition) is 2. The zero-order chi connectivity index (χ0) is 15.0. The van der Waals surface area contributed by atoms with E-state index in [9.17, 15) is 13.2 Å². The molecule has 2 heterocycles. The number of hydrogen-bond acceptors (Lipinski definition) is 4. The molecule has 2 aromatic rings. The third-order valence-corrected chi connectivity index (χ3v) is 3.22. The Morgan fingerprint density at radius 1 is 1.19 bits per heavy atom. The molecule has 0 unspecified atom stereocenters. The molecular weight excluding hydrogens is 281 g/mol. The Labute approximate surface area is 119 Å². The van der Waals surface area contributed by atoms with Crippen LogP contribution in [-0.4, -0.2) is 9.97 Å². The smallest absolute Gasteiger partial charge is 0.324 e. The molecule has 0 spiro atoms. The Morgan fingerprint density at radius 2 is 2.00 bits per heavy atom. The minimum absolute atomic E-state index is 0.302. The summed E-state index contributed by atoms with van der Waals surface area (Å²) in [5, 5.41) is 5.97. The second-order valence-corrected chi connectivity index (χ2v) is 4.98. The zero-order valence-electron chi connectivity index (χ0n) is 11.3. The van der Waals surface area contributed by atoms with Crippen LogP contribution in [0.4, 0.5) is 24.8 Å². The average Bonchev–Trinajstić information content (AvgIpc) is 2.84. The molecule has 0 bridgehead atoms. The summed E-state index contributed by atoms with van der Waals surface area (Å²) in [4.78, 5) is 8.43. The maximum atomic E-state index is 12.8. The van der Waals surface area contributed by atoms with Crippen molar-refractivity contribution in [2.24, 2.45) is 0 Å². The molecule has 0 saturated heterocycles. The fourth-order valence-corrected chi connectivity index (χ4v) is 2.27. The summed E-state index contributed by atoms with van der Waals surface area (Å²) in [5.74, 6) is 0.302. The van der Waals surface area contributed by atoms with Crippen molar-refractivity contribution in [2.75, 3.05) is 5.32 Å². The minimum Gasteiger partial charge on any atom is -0.324 e. The molecule has 1 aromatic heterocycles. The monoisotopic (exact) mass is 294 g/mol. The number of nitrogens with one attached hydrogen (secondary N) is 2. The van der Waals surface area contributed by atoms with Gasteiger partial charge in [-0.2, -0.15) is 13.2 Å². The van der Waals surface area contributed by atoms with E-state index in [1.807, 2.05) is 0 Å². The van der Waals surface area contributed by atoms with Crippen LogP contribution >= 0.6 is 0 Å². The maximum Gasteiger partial charge on any atom is 0.416 e. The first-order chi connectivity index (χ1) is 9.91. The van der Waals surface area contributed by atoms with E-state index in [0.29, 0.717) is 23.7 Å². The van der Waals surface area contributed by atoms with E-state index in [1.165, 1.54) is 0 Å². The van der Waals surface area contributed by atoms with E-state index in [1.54, 1.807) is 19.2 Å². The first kappa shape index (κ1) is 13.8. The van der Waals surface area contributed by atoms with Crippen molar-refractivity contribution in [3.8, 4) is 0 Å². The van der Waals surface area contributed by atoms with Crippen molar-refractivity contribution in [1.29, 1.82) is 0 Å². The highest BCUT2D eigenvalue weighted by Gasteiger charge is 2.31. The molecule has 0 aliphatic carbocycles. The highest BCUT2D eigenvalue weighted by Crippen LogP contribution is 2.32. The van der Waals surface area contributed by atoms with E-state index < -0.39 is 11.7 Å². The van der Waals surface area contributed by atoms with Crippen molar-refractivity contribution in [3.63, 3.8) is 0 Å². The van der Waals surface area contributed by atoms with Gasteiger partial charge in [0.15, 0.2) is 0 Å². The van der Waals surface area contributed by atoms with Gasteiger partial charge in [-0.25, -0.2) is 9.97 Å². The fourth-order valence-electron chi connectivity index (χ4n) is 2.27. The van der Waals surface area contributed by atoms with Gasteiger partial charge < -0.3 is 10.6 Å². The molecular formula is C14H13F3N4. The topological polar surface area (TPSA) is 49.8 Å². The Morgan fingerprint density at radius 3 is 2.76 bits per heavy atom. The van der Waals surface area contributed by atoms with Gasteiger partial charge in [0.25, 0.3) is 0 Å². The molecule has 4 nitrogen and oxygen atoms in total. The van der Waals surface area contributed by atoms with Gasteiger partial charge in [-0.1, -0.05) is 0 Å². The van der Waals surface area contributed by atoms with Gasteiger partial charge in [-0.3, -0.25) is 0 Å². The van der Waals surface area contributed by atoms with Crippen molar-refractivity contribution in [2.45, 2.75) is 26.2 Å². The van der Waals surface area contributed by atoms with Gasteiger partial charge in [-0.05, 0) is 30.7 Å². The molecule has 7 heteroatoms. The average molecular weight is 294 g/mol. The van der Waals surface area contributed by atoms with Gasteiger partial charge in [0.2, 0.25) is 5.95 Å². The van der Waals surface area contributed by atoms with Crippen LogP contribution in [0.1, 0.15) is 22.4 Å². The van der Waals surface area contributed by atoms with Crippen LogP contribution in [0, 0.1) is 6.92 Å². The Balaban J connectivity index is 1.89. The third-order valence-electron chi connectivity index (χ3n) is 3.22. The van der Waals surface area contributed by atoms with Crippen LogP contribution in [0.25, 0.3) is 0 Å². The number of aryl methyl sites for hydroxylation is 1. The SMILES string of the molecule is Cc1cc(Nc2ncc3c(n2)CNC3)cc(C(F)(F)F)c1. The Kier molecular flexibility index (Phi) is 3.29. The molecule has 3 rings (SSSR count). The molecule has 0 fully saturated rings. The predicted octanol–water partition coefficient (Wildman–Crippen LogP) is 3.15. The normalized spacial score (nSPS) is 14.1. The summed E-state index contributed by atoms with van der Waals surface area (Å²) in [6.45, 7) is 2.99. The summed E-state index contributed by atoms with van der Waals surface area (Å²) < 4.78 is 38.4. The lowest BCUT2D eigenvalue weighted by Gasteiger charge is -2.12. The summed E-state index contributed by atoms with van der Waals surface area (Å²) in [6, 6.07) is 3.80. The Bertz CT molecular complexity index is 682. The number of alkyl halides is 3. The number of fused-ring (bicyclic) bond motifs is 1. The van der Waals surface area contributed by atoms with Crippen LogP contribution in [0.15, 0.2) is 24.4 Å². The van der Waals surface area contributed by atoms with Crippen LogP contribution in [-0.2, 0) is 19.3 Å². The molecule has 1 aliphatic rings. The van der Waals surface area contributed by atoms with Crippen molar-refractivity contribution in [3.05, 3.63) is 46.8 Å². The molecule has 0 saturated carbocycles. The number of nitrogens with zero attached hydrogens (tertiary/aromatic N) is 2. The van der Waals surface area contributed by atoms with E-state index >= 15 is 0 Å². The van der Waals surface area contributed by atoms with Gasteiger partial charge in [0.1, 0.15) is 0 Å². The summed E-state index contributed by atoms with van der Waals surface area (Å²) in [5.41, 5.74) is 2.05. The lowest BCUT2D eigenvalue weighted by Crippen LogP contribution is -2.07. The second-order valence-electron chi connectivity index (χ2n) is 4.98. The highest BCUT2D eigenvalue weighted by atomic mass is 19.4. The number of anilines is 2. The number of halogens is 3. The zero-order valence-corrected chi connectivity index (χ0v) is 11.3. The fraction of sp³-hybridized carbons (Fsp3) is 0.286. The number of benzene rings is 1. The van der Waals surface area contributed by atoms with E-state index in [-0.39, 0.29) is 0 Å². The number of rotatable bonds is 2. The van der Waals surface area contributed by atoms with Crippen molar-refractivity contribution < 1.29 is 13.2 Å². The third kappa shape index (κ3) is 2.97. The van der Waals surface area contributed by atoms with Gasteiger partial charge in [0, 0.05) is 30.5 Å². The molecule has 0 radical (unpaired) electrons. The largest absolute Gasteiger partial charge is 0.416 e. The first-order valence-electron chi connectivity index (χ1n) is 6.43. The quantitative estimate of drug-likeness (QED) is 0.893. The van der Waals surface area contributed by atoms with Crippen LogP contribution in [0.2, 0.25) is 0 Å². The van der Waals surface area contributed by atoms with Gasteiger partial charge in [-0.15, -0.1) is 0 Å². The minimum atomic E-state index is -4.37. The van der Waals surface area contributed by atoms with Crippen LogP contribution in [0.3, 0.4) is 0 Å².